The molecule has 1 N–H and O–H groups in total. The average Bonchev–Trinajstić information content (AvgIpc) is 2.55. The number of methoxy groups -OCH3 is 1. The van der Waals surface area contributed by atoms with Crippen molar-refractivity contribution in [3.05, 3.63) is 29.5 Å². The monoisotopic (exact) mass is 206 g/mol. The molecular formula is C11H10O4. The van der Waals surface area contributed by atoms with Crippen molar-refractivity contribution < 1.29 is 19.1 Å². The van der Waals surface area contributed by atoms with Crippen LogP contribution in [0.2, 0.25) is 0 Å². The molecule has 0 radical (unpaired) electrons. The number of carbonyl (C=O) groups is 1. The SMILES string of the molecule is COC(=O)c1oc2ccc(O)cc2c1C. The molecule has 1 aromatic carbocycles. The zero-order valence-corrected chi connectivity index (χ0v) is 8.40. The van der Waals surface area contributed by atoms with Gasteiger partial charge in [0.15, 0.2) is 0 Å². The van der Waals surface area contributed by atoms with Crippen molar-refractivity contribution >= 4 is 16.9 Å². The largest absolute Gasteiger partial charge is 0.508 e. The first-order valence-corrected chi connectivity index (χ1v) is 4.44. The number of phenols is 1. The average molecular weight is 206 g/mol. The van der Waals surface area contributed by atoms with Crippen molar-refractivity contribution in [2.75, 3.05) is 7.11 Å². The summed E-state index contributed by atoms with van der Waals surface area (Å²) in [5.74, 6) is -0.191. The number of fused-ring (bicyclic) bond motifs is 1. The Kier molecular flexibility index (Phi) is 2.11. The highest BCUT2D eigenvalue weighted by Crippen LogP contribution is 2.28. The molecule has 78 valence electrons. The van der Waals surface area contributed by atoms with E-state index in [4.69, 9.17) is 4.42 Å². The summed E-state index contributed by atoms with van der Waals surface area (Å²) in [5.41, 5.74) is 1.23. The molecule has 0 aliphatic heterocycles. The lowest BCUT2D eigenvalue weighted by Crippen LogP contribution is -2.00. The highest BCUT2D eigenvalue weighted by molar-refractivity contribution is 5.96. The second-order valence-corrected chi connectivity index (χ2v) is 3.23. The number of ether oxygens (including phenoxy) is 1. The van der Waals surface area contributed by atoms with Crippen molar-refractivity contribution in [2.45, 2.75) is 6.92 Å². The van der Waals surface area contributed by atoms with Crippen molar-refractivity contribution in [1.29, 1.82) is 0 Å². The Morgan fingerprint density at radius 3 is 2.87 bits per heavy atom. The fourth-order valence-corrected chi connectivity index (χ4v) is 1.50. The lowest BCUT2D eigenvalue weighted by atomic mass is 10.1. The molecule has 1 aromatic heterocycles. The summed E-state index contributed by atoms with van der Waals surface area (Å²) in [6.07, 6.45) is 0. The minimum Gasteiger partial charge on any atom is -0.508 e. The number of furan rings is 1. The van der Waals surface area contributed by atoms with Gasteiger partial charge in [0.25, 0.3) is 0 Å². The number of carbonyl (C=O) groups excluding carboxylic acids is 1. The number of esters is 1. The summed E-state index contributed by atoms with van der Waals surface area (Å²) >= 11 is 0. The van der Waals surface area contributed by atoms with Crippen LogP contribution in [0, 0.1) is 6.92 Å². The maximum absolute atomic E-state index is 11.3. The van der Waals surface area contributed by atoms with Gasteiger partial charge in [0.05, 0.1) is 7.11 Å². The van der Waals surface area contributed by atoms with Gasteiger partial charge < -0.3 is 14.3 Å². The van der Waals surface area contributed by atoms with Crippen LogP contribution in [0.5, 0.6) is 5.75 Å². The molecule has 2 rings (SSSR count). The van der Waals surface area contributed by atoms with Crippen molar-refractivity contribution in [3.8, 4) is 5.75 Å². The zero-order chi connectivity index (χ0) is 11.0. The van der Waals surface area contributed by atoms with Crippen LogP contribution in [-0.4, -0.2) is 18.2 Å². The molecule has 4 nitrogen and oxygen atoms in total. The van der Waals surface area contributed by atoms with E-state index in [1.807, 2.05) is 0 Å². The first-order chi connectivity index (χ1) is 7.13. The third kappa shape index (κ3) is 1.44. The molecule has 0 aliphatic carbocycles. The highest BCUT2D eigenvalue weighted by atomic mass is 16.5. The molecule has 0 fully saturated rings. The van der Waals surface area contributed by atoms with Gasteiger partial charge in [-0.25, -0.2) is 4.79 Å². The van der Waals surface area contributed by atoms with E-state index in [9.17, 15) is 9.90 Å². The van der Waals surface area contributed by atoms with Crippen LogP contribution in [0.1, 0.15) is 16.1 Å². The molecule has 15 heavy (non-hydrogen) atoms. The van der Waals surface area contributed by atoms with Crippen LogP contribution in [0.25, 0.3) is 11.0 Å². The van der Waals surface area contributed by atoms with Crippen LogP contribution in [-0.2, 0) is 4.74 Å². The van der Waals surface area contributed by atoms with E-state index in [1.54, 1.807) is 19.1 Å². The molecular weight excluding hydrogens is 196 g/mol. The summed E-state index contributed by atoms with van der Waals surface area (Å²) in [6.45, 7) is 1.75. The second-order valence-electron chi connectivity index (χ2n) is 3.23. The van der Waals surface area contributed by atoms with E-state index in [2.05, 4.69) is 4.74 Å². The molecule has 0 aliphatic rings. The summed E-state index contributed by atoms with van der Waals surface area (Å²) < 4.78 is 9.90. The number of aryl methyl sites for hydroxylation is 1. The third-order valence-corrected chi connectivity index (χ3v) is 2.29. The van der Waals surface area contributed by atoms with E-state index >= 15 is 0 Å². The van der Waals surface area contributed by atoms with E-state index in [0.29, 0.717) is 11.1 Å². The number of phenolic OH excluding ortho intramolecular Hbond substituents is 1. The maximum atomic E-state index is 11.3. The molecule has 0 spiro atoms. The van der Waals surface area contributed by atoms with E-state index in [1.165, 1.54) is 13.2 Å². The lowest BCUT2D eigenvalue weighted by Gasteiger charge is -1.94. The number of hydrogen-bond acceptors (Lipinski definition) is 4. The Morgan fingerprint density at radius 2 is 2.20 bits per heavy atom. The predicted molar refractivity (Wildman–Crippen MR) is 54.0 cm³/mol. The van der Waals surface area contributed by atoms with Gasteiger partial charge in [0.2, 0.25) is 5.76 Å². The van der Waals surface area contributed by atoms with E-state index < -0.39 is 5.97 Å². The Balaban J connectivity index is 2.69. The number of rotatable bonds is 1. The molecule has 0 bridgehead atoms. The minimum absolute atomic E-state index is 0.141. The molecule has 4 heteroatoms. The van der Waals surface area contributed by atoms with Crippen molar-refractivity contribution in [1.82, 2.24) is 0 Å². The van der Waals surface area contributed by atoms with Gasteiger partial charge in [-0.2, -0.15) is 0 Å². The molecule has 0 unspecified atom stereocenters. The fraction of sp³-hybridized carbons (Fsp3) is 0.182. The van der Waals surface area contributed by atoms with Crippen LogP contribution in [0.3, 0.4) is 0 Å². The summed E-state index contributed by atoms with van der Waals surface area (Å²) in [7, 11) is 1.30. The smallest absolute Gasteiger partial charge is 0.374 e. The zero-order valence-electron chi connectivity index (χ0n) is 8.40. The summed E-state index contributed by atoms with van der Waals surface area (Å²) in [4.78, 5) is 11.3. The second kappa shape index (κ2) is 3.31. The van der Waals surface area contributed by atoms with Gasteiger partial charge in [-0.1, -0.05) is 0 Å². The fourth-order valence-electron chi connectivity index (χ4n) is 1.50. The van der Waals surface area contributed by atoms with Gasteiger partial charge in [-0.05, 0) is 25.1 Å². The predicted octanol–water partition coefficient (Wildman–Crippen LogP) is 2.23. The van der Waals surface area contributed by atoms with Gasteiger partial charge in [-0.3, -0.25) is 0 Å². The molecule has 0 amide bonds. The summed E-state index contributed by atoms with van der Waals surface area (Å²) in [6, 6.07) is 4.68. The van der Waals surface area contributed by atoms with Gasteiger partial charge in [0.1, 0.15) is 11.3 Å². The van der Waals surface area contributed by atoms with E-state index in [-0.39, 0.29) is 11.5 Å². The number of hydrogen-bond donors (Lipinski definition) is 1. The molecule has 0 saturated carbocycles. The maximum Gasteiger partial charge on any atom is 0.374 e. The van der Waals surface area contributed by atoms with Crippen molar-refractivity contribution in [2.24, 2.45) is 0 Å². The van der Waals surface area contributed by atoms with Crippen LogP contribution >= 0.6 is 0 Å². The lowest BCUT2D eigenvalue weighted by molar-refractivity contribution is 0.0566. The van der Waals surface area contributed by atoms with Gasteiger partial charge in [0, 0.05) is 10.9 Å². The minimum atomic E-state index is -0.511. The first-order valence-electron chi connectivity index (χ1n) is 4.44. The number of benzene rings is 1. The Morgan fingerprint density at radius 1 is 1.47 bits per heavy atom. The van der Waals surface area contributed by atoms with Gasteiger partial charge in [-0.15, -0.1) is 0 Å². The highest BCUT2D eigenvalue weighted by Gasteiger charge is 2.17. The van der Waals surface area contributed by atoms with Crippen LogP contribution in [0.4, 0.5) is 0 Å². The van der Waals surface area contributed by atoms with Crippen LogP contribution in [0.15, 0.2) is 22.6 Å². The quantitative estimate of drug-likeness (QED) is 0.727. The normalized spacial score (nSPS) is 10.5. The topological polar surface area (TPSA) is 59.7 Å². The Labute approximate surface area is 86.1 Å². The van der Waals surface area contributed by atoms with E-state index in [0.717, 1.165) is 5.39 Å². The van der Waals surface area contributed by atoms with Crippen molar-refractivity contribution in [3.63, 3.8) is 0 Å². The molecule has 2 aromatic rings. The molecule has 0 saturated heterocycles. The Bertz CT molecular complexity index is 525. The van der Waals surface area contributed by atoms with Gasteiger partial charge >= 0.3 is 5.97 Å². The summed E-state index contributed by atoms with van der Waals surface area (Å²) in [5, 5.41) is 10.0. The molecule has 0 atom stereocenters. The Hall–Kier alpha value is -1.97. The third-order valence-electron chi connectivity index (χ3n) is 2.29. The standard InChI is InChI=1S/C11H10O4/c1-6-8-5-7(12)3-4-9(8)15-10(6)11(13)14-2/h3-5,12H,1-2H3. The number of aromatic hydroxyl groups is 1. The molecule has 1 heterocycles. The van der Waals surface area contributed by atoms with Crippen LogP contribution < -0.4 is 0 Å². The first kappa shape index (κ1) is 9.58.